The summed E-state index contributed by atoms with van der Waals surface area (Å²) < 4.78 is 1.88. The zero-order valence-electron chi connectivity index (χ0n) is 11.4. The van der Waals surface area contributed by atoms with Crippen molar-refractivity contribution in [2.75, 3.05) is 5.73 Å². The molecule has 0 aliphatic rings. The van der Waals surface area contributed by atoms with Crippen molar-refractivity contribution in [2.45, 2.75) is 13.5 Å². The molecule has 0 unspecified atom stereocenters. The highest BCUT2D eigenvalue weighted by Crippen LogP contribution is 2.29. The Bertz CT molecular complexity index is 950. The topological polar surface area (TPSA) is 98.3 Å². The highest BCUT2D eigenvalue weighted by atomic mass is 15.4. The lowest BCUT2D eigenvalue weighted by Crippen LogP contribution is -1.95. The van der Waals surface area contributed by atoms with Crippen LogP contribution in [0.15, 0.2) is 30.6 Å². The number of nitrogens with two attached hydrogens (primary N) is 1. The van der Waals surface area contributed by atoms with Crippen molar-refractivity contribution in [3.05, 3.63) is 30.6 Å². The van der Waals surface area contributed by atoms with Crippen LogP contribution in [0.4, 0.5) is 5.95 Å². The number of H-pyrrole nitrogens is 1. The van der Waals surface area contributed by atoms with Crippen LogP contribution in [0, 0.1) is 0 Å². The van der Waals surface area contributed by atoms with Gasteiger partial charge in [-0.15, -0.1) is 5.10 Å². The third kappa shape index (κ3) is 1.74. The molecule has 7 heteroatoms. The third-order valence-corrected chi connectivity index (χ3v) is 3.58. The second-order valence-corrected chi connectivity index (χ2v) is 4.80. The van der Waals surface area contributed by atoms with Crippen molar-refractivity contribution in [2.24, 2.45) is 0 Å². The molecule has 4 rings (SSSR count). The number of fused-ring (bicyclic) bond motifs is 2. The second kappa shape index (κ2) is 4.27. The quantitative estimate of drug-likeness (QED) is 0.584. The Morgan fingerprint density at radius 3 is 3.10 bits per heavy atom. The molecule has 21 heavy (non-hydrogen) atoms. The molecular formula is C14H13N7. The van der Waals surface area contributed by atoms with Gasteiger partial charge in [0.05, 0.1) is 5.52 Å². The highest BCUT2D eigenvalue weighted by Gasteiger charge is 2.10. The standard InChI is InChI=1S/C14H13N7/c1-2-21-12-5-8(3-4-11(12)19-20-21)9-6-16-13-10(9)7-17-14(15)18-13/h3-7H,2H2,1H3,(H3,15,16,17,18). The average Bonchev–Trinajstić information content (AvgIpc) is 3.09. The van der Waals surface area contributed by atoms with Crippen molar-refractivity contribution in [1.82, 2.24) is 29.9 Å². The maximum atomic E-state index is 5.61. The molecule has 0 bridgehead atoms. The maximum Gasteiger partial charge on any atom is 0.221 e. The van der Waals surface area contributed by atoms with Gasteiger partial charge in [-0.2, -0.15) is 4.98 Å². The normalized spacial score (nSPS) is 11.5. The summed E-state index contributed by atoms with van der Waals surface area (Å²) >= 11 is 0. The molecule has 0 saturated carbocycles. The molecule has 7 nitrogen and oxygen atoms in total. The first-order chi connectivity index (χ1) is 10.3. The molecule has 0 spiro atoms. The molecule has 0 saturated heterocycles. The van der Waals surface area contributed by atoms with E-state index in [1.807, 2.05) is 29.9 Å². The van der Waals surface area contributed by atoms with E-state index in [1.165, 1.54) is 0 Å². The van der Waals surface area contributed by atoms with E-state index in [1.54, 1.807) is 6.20 Å². The van der Waals surface area contributed by atoms with Crippen molar-refractivity contribution in [1.29, 1.82) is 0 Å². The number of hydrogen-bond acceptors (Lipinski definition) is 5. The van der Waals surface area contributed by atoms with Gasteiger partial charge in [0.15, 0.2) is 0 Å². The van der Waals surface area contributed by atoms with Gasteiger partial charge in [-0.1, -0.05) is 11.3 Å². The van der Waals surface area contributed by atoms with Gasteiger partial charge in [0.1, 0.15) is 11.2 Å². The van der Waals surface area contributed by atoms with Crippen molar-refractivity contribution in [3.63, 3.8) is 0 Å². The van der Waals surface area contributed by atoms with Gasteiger partial charge in [0.25, 0.3) is 0 Å². The largest absolute Gasteiger partial charge is 0.368 e. The molecule has 0 amide bonds. The molecule has 0 aliphatic carbocycles. The Kier molecular flexibility index (Phi) is 2.41. The number of nitrogens with one attached hydrogen (secondary N) is 1. The molecule has 104 valence electrons. The first kappa shape index (κ1) is 11.8. The number of aromatic nitrogens is 6. The Balaban J connectivity index is 1.95. The van der Waals surface area contributed by atoms with E-state index in [0.717, 1.165) is 39.7 Å². The van der Waals surface area contributed by atoms with Crippen LogP contribution in [0.25, 0.3) is 33.2 Å². The number of nitrogen functional groups attached to an aromatic ring is 1. The molecule has 3 heterocycles. The summed E-state index contributed by atoms with van der Waals surface area (Å²) in [5.74, 6) is 0.264. The van der Waals surface area contributed by atoms with E-state index in [9.17, 15) is 0 Å². The van der Waals surface area contributed by atoms with Gasteiger partial charge in [-0.3, -0.25) is 0 Å². The second-order valence-electron chi connectivity index (χ2n) is 4.80. The van der Waals surface area contributed by atoms with Gasteiger partial charge in [0, 0.05) is 29.9 Å². The minimum atomic E-state index is 0.264. The van der Waals surface area contributed by atoms with E-state index in [0.29, 0.717) is 0 Å². The van der Waals surface area contributed by atoms with E-state index in [-0.39, 0.29) is 5.95 Å². The first-order valence-corrected chi connectivity index (χ1v) is 6.69. The van der Waals surface area contributed by atoms with Crippen LogP contribution in [0.1, 0.15) is 6.92 Å². The maximum absolute atomic E-state index is 5.61. The zero-order chi connectivity index (χ0) is 14.4. The van der Waals surface area contributed by atoms with Gasteiger partial charge in [-0.05, 0) is 24.6 Å². The molecule has 1 aromatic carbocycles. The zero-order valence-corrected chi connectivity index (χ0v) is 11.4. The van der Waals surface area contributed by atoms with Crippen LogP contribution in [0.3, 0.4) is 0 Å². The Labute approximate surface area is 119 Å². The van der Waals surface area contributed by atoms with Gasteiger partial charge < -0.3 is 10.7 Å². The molecule has 3 N–H and O–H groups in total. The number of anilines is 1. The number of nitrogens with zero attached hydrogens (tertiary/aromatic N) is 5. The molecule has 3 aromatic heterocycles. The van der Waals surface area contributed by atoms with E-state index in [4.69, 9.17) is 5.73 Å². The summed E-state index contributed by atoms with van der Waals surface area (Å²) in [5.41, 5.74) is 10.4. The van der Waals surface area contributed by atoms with E-state index >= 15 is 0 Å². The fraction of sp³-hybridized carbons (Fsp3) is 0.143. The predicted octanol–water partition coefficient (Wildman–Crippen LogP) is 1.97. The Hall–Kier alpha value is -2.96. The van der Waals surface area contributed by atoms with Crippen LogP contribution in [-0.2, 0) is 6.54 Å². The van der Waals surface area contributed by atoms with Crippen molar-refractivity contribution in [3.8, 4) is 11.1 Å². The van der Waals surface area contributed by atoms with Gasteiger partial charge in [-0.25, -0.2) is 9.67 Å². The van der Waals surface area contributed by atoms with Gasteiger partial charge in [0.2, 0.25) is 5.95 Å². The third-order valence-electron chi connectivity index (χ3n) is 3.58. The van der Waals surface area contributed by atoms with Crippen LogP contribution < -0.4 is 5.73 Å². The number of benzene rings is 1. The monoisotopic (exact) mass is 279 g/mol. The Morgan fingerprint density at radius 1 is 1.33 bits per heavy atom. The minimum Gasteiger partial charge on any atom is -0.368 e. The molecule has 4 aromatic rings. The molecule has 0 radical (unpaired) electrons. The van der Waals surface area contributed by atoms with Crippen molar-refractivity contribution >= 4 is 28.0 Å². The summed E-state index contributed by atoms with van der Waals surface area (Å²) in [6, 6.07) is 6.08. The summed E-state index contributed by atoms with van der Waals surface area (Å²) in [6.07, 6.45) is 3.66. The van der Waals surface area contributed by atoms with E-state index < -0.39 is 0 Å². The molecule has 0 atom stereocenters. The number of aromatic amines is 1. The predicted molar refractivity (Wildman–Crippen MR) is 80.5 cm³/mol. The molecule has 0 aliphatic heterocycles. The molecule has 0 fully saturated rings. The Morgan fingerprint density at radius 2 is 2.24 bits per heavy atom. The van der Waals surface area contributed by atoms with Crippen molar-refractivity contribution < 1.29 is 0 Å². The van der Waals surface area contributed by atoms with Crippen LogP contribution in [0.5, 0.6) is 0 Å². The number of rotatable bonds is 2. The van der Waals surface area contributed by atoms with E-state index in [2.05, 4.69) is 31.3 Å². The summed E-state index contributed by atoms with van der Waals surface area (Å²) in [5, 5.41) is 9.22. The lowest BCUT2D eigenvalue weighted by molar-refractivity contribution is 0.646. The smallest absolute Gasteiger partial charge is 0.221 e. The summed E-state index contributed by atoms with van der Waals surface area (Å²) in [4.78, 5) is 11.4. The van der Waals surface area contributed by atoms with Crippen LogP contribution >= 0.6 is 0 Å². The lowest BCUT2D eigenvalue weighted by atomic mass is 10.1. The average molecular weight is 279 g/mol. The summed E-state index contributed by atoms with van der Waals surface area (Å²) in [7, 11) is 0. The SMILES string of the molecule is CCn1nnc2ccc(-c3c[nH]c4nc(N)ncc34)cc21. The minimum absolute atomic E-state index is 0.264. The fourth-order valence-electron chi connectivity index (χ4n) is 2.53. The lowest BCUT2D eigenvalue weighted by Gasteiger charge is -2.01. The highest BCUT2D eigenvalue weighted by molar-refractivity contribution is 5.95. The summed E-state index contributed by atoms with van der Waals surface area (Å²) in [6.45, 7) is 2.83. The number of aryl methyl sites for hydroxylation is 1. The van der Waals surface area contributed by atoms with Crippen LogP contribution in [-0.4, -0.2) is 29.9 Å². The fourth-order valence-corrected chi connectivity index (χ4v) is 2.53. The molecular weight excluding hydrogens is 266 g/mol. The van der Waals surface area contributed by atoms with Crippen LogP contribution in [0.2, 0.25) is 0 Å². The van der Waals surface area contributed by atoms with Gasteiger partial charge >= 0.3 is 0 Å². The first-order valence-electron chi connectivity index (χ1n) is 6.69. The number of hydrogen-bond donors (Lipinski definition) is 2.